The Bertz CT molecular complexity index is 397. The molecule has 0 atom stereocenters. The van der Waals surface area contributed by atoms with E-state index in [1.807, 2.05) is 12.1 Å². The Morgan fingerprint density at radius 1 is 1.18 bits per heavy atom. The first kappa shape index (κ1) is 11.6. The number of nitrogens with one attached hydrogen (secondary N) is 1. The first-order valence-electron chi connectivity index (χ1n) is 6.59. The first-order valence-corrected chi connectivity index (χ1v) is 6.97. The molecule has 1 aromatic rings. The van der Waals surface area contributed by atoms with Crippen LogP contribution in [0.25, 0.3) is 0 Å². The smallest absolute Gasteiger partial charge is 0.0406 e. The van der Waals surface area contributed by atoms with Gasteiger partial charge in [0, 0.05) is 17.0 Å². The summed E-state index contributed by atoms with van der Waals surface area (Å²) in [6.07, 6.45) is 7.07. The molecular formula is C15H20ClN. The van der Waals surface area contributed by atoms with Crippen molar-refractivity contribution in [1.29, 1.82) is 0 Å². The van der Waals surface area contributed by atoms with Crippen LogP contribution in [-0.4, -0.2) is 13.6 Å². The molecule has 0 radical (unpaired) electrons. The SMILES string of the molecule is CNCC1(c2ccc(Cl)cc2)CC2(CCC2)C1. The summed E-state index contributed by atoms with van der Waals surface area (Å²) >= 11 is 5.98. The fourth-order valence-corrected chi connectivity index (χ4v) is 4.11. The zero-order valence-corrected chi connectivity index (χ0v) is 11.2. The van der Waals surface area contributed by atoms with Gasteiger partial charge in [-0.15, -0.1) is 0 Å². The number of halogens is 1. The highest BCUT2D eigenvalue weighted by molar-refractivity contribution is 6.30. The molecule has 0 unspecified atom stereocenters. The third-order valence-corrected chi connectivity index (χ3v) is 5.06. The summed E-state index contributed by atoms with van der Waals surface area (Å²) in [4.78, 5) is 0. The molecule has 92 valence electrons. The van der Waals surface area contributed by atoms with E-state index in [9.17, 15) is 0 Å². The highest BCUT2D eigenvalue weighted by Crippen LogP contribution is 2.64. The minimum atomic E-state index is 0.375. The Hall–Kier alpha value is -0.530. The van der Waals surface area contributed by atoms with Crippen molar-refractivity contribution in [2.45, 2.75) is 37.5 Å². The van der Waals surface area contributed by atoms with Gasteiger partial charge in [0.1, 0.15) is 0 Å². The Balaban J connectivity index is 1.83. The van der Waals surface area contributed by atoms with Crippen molar-refractivity contribution in [1.82, 2.24) is 5.32 Å². The van der Waals surface area contributed by atoms with Crippen LogP contribution in [0.4, 0.5) is 0 Å². The molecule has 1 nitrogen and oxygen atoms in total. The standard InChI is InChI=1S/C15H20ClN/c1-17-11-15(9-14(10-15)7-2-8-14)12-3-5-13(16)6-4-12/h3-6,17H,2,7-11H2,1H3. The Kier molecular flexibility index (Phi) is 2.72. The van der Waals surface area contributed by atoms with Gasteiger partial charge in [0.15, 0.2) is 0 Å². The van der Waals surface area contributed by atoms with Gasteiger partial charge in [-0.3, -0.25) is 0 Å². The summed E-state index contributed by atoms with van der Waals surface area (Å²) in [5.74, 6) is 0. The number of benzene rings is 1. The minimum absolute atomic E-state index is 0.375. The van der Waals surface area contributed by atoms with Crippen molar-refractivity contribution in [3.63, 3.8) is 0 Å². The fraction of sp³-hybridized carbons (Fsp3) is 0.600. The number of likely N-dealkylation sites (N-methyl/N-ethyl adjacent to an activating group) is 1. The van der Waals surface area contributed by atoms with Crippen LogP contribution in [0.1, 0.15) is 37.7 Å². The Labute approximate surface area is 109 Å². The summed E-state index contributed by atoms with van der Waals surface area (Å²) in [6, 6.07) is 8.48. The fourth-order valence-electron chi connectivity index (χ4n) is 3.99. The lowest BCUT2D eigenvalue weighted by molar-refractivity contribution is -0.0475. The number of hydrogen-bond donors (Lipinski definition) is 1. The molecule has 17 heavy (non-hydrogen) atoms. The quantitative estimate of drug-likeness (QED) is 0.860. The van der Waals surface area contributed by atoms with E-state index in [1.54, 1.807) is 0 Å². The van der Waals surface area contributed by atoms with Crippen LogP contribution in [0.5, 0.6) is 0 Å². The molecule has 2 saturated carbocycles. The highest BCUT2D eigenvalue weighted by Gasteiger charge is 2.56. The molecule has 3 rings (SSSR count). The zero-order chi connectivity index (χ0) is 11.9. The molecule has 0 aliphatic heterocycles. The summed E-state index contributed by atoms with van der Waals surface area (Å²) in [7, 11) is 2.06. The number of hydrogen-bond acceptors (Lipinski definition) is 1. The maximum absolute atomic E-state index is 5.98. The lowest BCUT2D eigenvalue weighted by Crippen LogP contribution is -2.57. The van der Waals surface area contributed by atoms with Crippen molar-refractivity contribution in [3.05, 3.63) is 34.9 Å². The molecule has 1 N–H and O–H groups in total. The molecule has 0 saturated heterocycles. The van der Waals surface area contributed by atoms with Gasteiger partial charge in [-0.2, -0.15) is 0 Å². The molecule has 1 spiro atoms. The lowest BCUT2D eigenvalue weighted by atomic mass is 9.44. The van der Waals surface area contributed by atoms with Crippen molar-refractivity contribution < 1.29 is 0 Å². The van der Waals surface area contributed by atoms with E-state index in [0.29, 0.717) is 10.8 Å². The largest absolute Gasteiger partial charge is 0.319 e. The maximum atomic E-state index is 5.98. The molecule has 0 amide bonds. The Morgan fingerprint density at radius 2 is 1.82 bits per heavy atom. The third-order valence-electron chi connectivity index (χ3n) is 4.81. The molecule has 0 heterocycles. The molecule has 0 bridgehead atoms. The lowest BCUT2D eigenvalue weighted by Gasteiger charge is -2.61. The number of rotatable bonds is 3. The monoisotopic (exact) mass is 249 g/mol. The van der Waals surface area contributed by atoms with Gasteiger partial charge in [0.25, 0.3) is 0 Å². The molecular weight excluding hydrogens is 230 g/mol. The van der Waals surface area contributed by atoms with Gasteiger partial charge in [-0.05, 0) is 55.8 Å². The summed E-state index contributed by atoms with van der Waals surface area (Å²) in [5, 5.41) is 4.22. The average molecular weight is 250 g/mol. The van der Waals surface area contributed by atoms with Gasteiger partial charge in [-0.1, -0.05) is 30.2 Å². The Morgan fingerprint density at radius 3 is 2.29 bits per heavy atom. The van der Waals surface area contributed by atoms with Gasteiger partial charge in [-0.25, -0.2) is 0 Å². The van der Waals surface area contributed by atoms with Gasteiger partial charge in [0.05, 0.1) is 0 Å². The topological polar surface area (TPSA) is 12.0 Å². The van der Waals surface area contributed by atoms with Crippen molar-refractivity contribution in [2.75, 3.05) is 13.6 Å². The van der Waals surface area contributed by atoms with E-state index >= 15 is 0 Å². The molecule has 2 heteroatoms. The van der Waals surface area contributed by atoms with Crippen LogP contribution in [0.2, 0.25) is 5.02 Å². The van der Waals surface area contributed by atoms with E-state index < -0.39 is 0 Å². The molecule has 2 fully saturated rings. The van der Waals surface area contributed by atoms with Gasteiger partial charge in [0.2, 0.25) is 0 Å². The van der Waals surface area contributed by atoms with Gasteiger partial charge >= 0.3 is 0 Å². The van der Waals surface area contributed by atoms with Crippen LogP contribution in [0, 0.1) is 5.41 Å². The average Bonchev–Trinajstić information content (AvgIpc) is 2.22. The van der Waals surface area contributed by atoms with Crippen molar-refractivity contribution in [3.8, 4) is 0 Å². The summed E-state index contributed by atoms with van der Waals surface area (Å²) < 4.78 is 0. The molecule has 2 aliphatic rings. The minimum Gasteiger partial charge on any atom is -0.319 e. The van der Waals surface area contributed by atoms with Crippen molar-refractivity contribution in [2.24, 2.45) is 5.41 Å². The zero-order valence-electron chi connectivity index (χ0n) is 10.4. The van der Waals surface area contributed by atoms with E-state index in [4.69, 9.17) is 11.6 Å². The second kappa shape index (κ2) is 4.00. The van der Waals surface area contributed by atoms with Crippen LogP contribution < -0.4 is 5.32 Å². The molecule has 1 aromatic carbocycles. The molecule has 2 aliphatic carbocycles. The third kappa shape index (κ3) is 1.80. The normalized spacial score (nSPS) is 24.1. The van der Waals surface area contributed by atoms with Crippen molar-refractivity contribution >= 4 is 11.6 Å². The second-order valence-electron chi connectivity index (χ2n) is 6.02. The summed E-state index contributed by atoms with van der Waals surface area (Å²) in [6.45, 7) is 1.09. The van der Waals surface area contributed by atoms with Crippen LogP contribution in [-0.2, 0) is 5.41 Å². The second-order valence-corrected chi connectivity index (χ2v) is 6.46. The van der Waals surface area contributed by atoms with Crippen LogP contribution in [0.15, 0.2) is 24.3 Å². The van der Waals surface area contributed by atoms with E-state index in [1.165, 1.54) is 37.7 Å². The van der Waals surface area contributed by atoms with E-state index in [-0.39, 0.29) is 0 Å². The van der Waals surface area contributed by atoms with Gasteiger partial charge < -0.3 is 5.32 Å². The maximum Gasteiger partial charge on any atom is 0.0406 e. The highest BCUT2D eigenvalue weighted by atomic mass is 35.5. The first-order chi connectivity index (χ1) is 8.18. The van der Waals surface area contributed by atoms with E-state index in [2.05, 4.69) is 24.5 Å². The van der Waals surface area contributed by atoms with Crippen LogP contribution in [0.3, 0.4) is 0 Å². The molecule has 0 aromatic heterocycles. The van der Waals surface area contributed by atoms with Crippen LogP contribution >= 0.6 is 11.6 Å². The predicted molar refractivity (Wildman–Crippen MR) is 72.6 cm³/mol. The summed E-state index contributed by atoms with van der Waals surface area (Å²) in [5.41, 5.74) is 2.55. The predicted octanol–water partition coefficient (Wildman–Crippen LogP) is 3.76. The van der Waals surface area contributed by atoms with E-state index in [0.717, 1.165) is 11.6 Å².